The third-order valence-corrected chi connectivity index (χ3v) is 5.05. The van der Waals surface area contributed by atoms with Crippen LogP contribution >= 0.6 is 0 Å². The van der Waals surface area contributed by atoms with Crippen LogP contribution < -0.4 is 15.8 Å². The summed E-state index contributed by atoms with van der Waals surface area (Å²) in [6, 6.07) is 16.5. The van der Waals surface area contributed by atoms with Crippen LogP contribution in [0.1, 0.15) is 36.4 Å². The number of benzene rings is 2. The lowest BCUT2D eigenvalue weighted by atomic mass is 10.0. The minimum atomic E-state index is 0.166. The number of methoxy groups -OCH3 is 1. The fraction of sp³-hybridized carbons (Fsp3) is 0.409. The van der Waals surface area contributed by atoms with E-state index in [4.69, 9.17) is 10.5 Å². The van der Waals surface area contributed by atoms with Gasteiger partial charge in [-0.3, -0.25) is 9.89 Å². The van der Waals surface area contributed by atoms with Gasteiger partial charge in [-0.05, 0) is 56.6 Å². The molecule has 2 aromatic rings. The van der Waals surface area contributed by atoms with E-state index in [1.165, 1.54) is 30.4 Å². The molecule has 0 radical (unpaired) electrons. The van der Waals surface area contributed by atoms with Gasteiger partial charge in [0.05, 0.1) is 19.7 Å². The maximum absolute atomic E-state index is 6.17. The summed E-state index contributed by atoms with van der Waals surface area (Å²) in [7, 11) is 1.73. The molecule has 1 unspecified atom stereocenters. The van der Waals surface area contributed by atoms with E-state index < -0.39 is 0 Å². The van der Waals surface area contributed by atoms with Crippen LogP contribution in [0, 0.1) is 6.92 Å². The van der Waals surface area contributed by atoms with Crippen molar-refractivity contribution in [2.45, 2.75) is 32.2 Å². The van der Waals surface area contributed by atoms with Gasteiger partial charge in [-0.1, -0.05) is 36.8 Å². The molecule has 1 saturated heterocycles. The summed E-state index contributed by atoms with van der Waals surface area (Å²) in [6.07, 6.45) is 3.76. The molecule has 2 aromatic carbocycles. The lowest BCUT2D eigenvalue weighted by Crippen LogP contribution is -2.36. The molecular formula is C22H30N4O. The van der Waals surface area contributed by atoms with Gasteiger partial charge in [0.1, 0.15) is 5.75 Å². The molecule has 0 amide bonds. The fourth-order valence-electron chi connectivity index (χ4n) is 3.68. The Morgan fingerprint density at radius 2 is 1.93 bits per heavy atom. The van der Waals surface area contributed by atoms with Gasteiger partial charge in [0.2, 0.25) is 0 Å². The van der Waals surface area contributed by atoms with Crippen LogP contribution in [0.15, 0.2) is 53.5 Å². The third kappa shape index (κ3) is 5.23. The molecule has 3 rings (SSSR count). The molecule has 5 heteroatoms. The topological polar surface area (TPSA) is 62.9 Å². The molecule has 1 atom stereocenters. The molecular weight excluding hydrogens is 336 g/mol. The number of nitrogens with zero attached hydrogens (tertiary/aromatic N) is 2. The number of anilines is 1. The van der Waals surface area contributed by atoms with E-state index in [-0.39, 0.29) is 6.04 Å². The monoisotopic (exact) mass is 366 g/mol. The zero-order valence-electron chi connectivity index (χ0n) is 16.3. The number of nitrogens with two attached hydrogens (primary N) is 1. The molecule has 27 heavy (non-hydrogen) atoms. The lowest BCUT2D eigenvalue weighted by Gasteiger charge is -2.34. The highest BCUT2D eigenvalue weighted by atomic mass is 16.5. The number of nitrogens with one attached hydrogen (secondary N) is 1. The summed E-state index contributed by atoms with van der Waals surface area (Å²) in [5, 5.41) is 3.20. The Morgan fingerprint density at radius 3 is 2.67 bits per heavy atom. The number of likely N-dealkylation sites (tertiary alicyclic amines) is 1. The molecule has 0 aliphatic carbocycles. The fourth-order valence-corrected chi connectivity index (χ4v) is 3.68. The maximum Gasteiger partial charge on any atom is 0.193 e. The number of piperidine rings is 1. The highest BCUT2D eigenvalue weighted by Gasteiger charge is 2.24. The molecule has 144 valence electrons. The first-order valence-corrected chi connectivity index (χ1v) is 9.68. The summed E-state index contributed by atoms with van der Waals surface area (Å²) < 4.78 is 5.61. The zero-order chi connectivity index (χ0) is 19.1. The number of hydrogen-bond donors (Lipinski definition) is 2. The molecule has 0 spiro atoms. The van der Waals surface area contributed by atoms with E-state index in [2.05, 4.69) is 46.4 Å². The van der Waals surface area contributed by atoms with Gasteiger partial charge >= 0.3 is 0 Å². The van der Waals surface area contributed by atoms with Gasteiger partial charge in [-0.25, -0.2) is 0 Å². The van der Waals surface area contributed by atoms with Crippen LogP contribution in [0.3, 0.4) is 0 Å². The van der Waals surface area contributed by atoms with Gasteiger partial charge in [0.25, 0.3) is 0 Å². The Bertz CT molecular complexity index is 768. The van der Waals surface area contributed by atoms with E-state index in [0.29, 0.717) is 12.5 Å². The molecule has 0 saturated carbocycles. The van der Waals surface area contributed by atoms with Crippen LogP contribution in [0.5, 0.6) is 5.75 Å². The number of rotatable bonds is 6. The van der Waals surface area contributed by atoms with Gasteiger partial charge in [-0.2, -0.15) is 0 Å². The van der Waals surface area contributed by atoms with Crippen molar-refractivity contribution in [2.24, 2.45) is 10.7 Å². The molecule has 1 heterocycles. The van der Waals surface area contributed by atoms with Crippen molar-refractivity contribution in [2.75, 3.05) is 32.1 Å². The van der Waals surface area contributed by atoms with Crippen LogP contribution in [0.2, 0.25) is 0 Å². The first kappa shape index (κ1) is 19.2. The van der Waals surface area contributed by atoms with Gasteiger partial charge < -0.3 is 15.8 Å². The Balaban J connectivity index is 1.78. The second kappa shape index (κ2) is 9.42. The number of para-hydroxylation sites is 1. The van der Waals surface area contributed by atoms with E-state index in [1.54, 1.807) is 7.11 Å². The van der Waals surface area contributed by atoms with Crippen molar-refractivity contribution in [3.05, 3.63) is 59.7 Å². The Morgan fingerprint density at radius 1 is 1.15 bits per heavy atom. The normalized spacial score (nSPS) is 16.7. The number of guanidine groups is 1. The quantitative estimate of drug-likeness (QED) is 0.600. The van der Waals surface area contributed by atoms with Crippen molar-refractivity contribution < 1.29 is 4.74 Å². The zero-order valence-corrected chi connectivity index (χ0v) is 16.3. The smallest absolute Gasteiger partial charge is 0.193 e. The molecule has 1 fully saturated rings. The predicted molar refractivity (Wildman–Crippen MR) is 112 cm³/mol. The average molecular weight is 367 g/mol. The second-order valence-electron chi connectivity index (χ2n) is 7.07. The Kier molecular flexibility index (Phi) is 6.71. The molecule has 3 N–H and O–H groups in total. The van der Waals surface area contributed by atoms with Crippen LogP contribution in [0.4, 0.5) is 5.69 Å². The van der Waals surface area contributed by atoms with Crippen molar-refractivity contribution >= 4 is 11.6 Å². The van der Waals surface area contributed by atoms with Gasteiger partial charge in [0.15, 0.2) is 5.96 Å². The highest BCUT2D eigenvalue weighted by molar-refractivity contribution is 5.92. The standard InChI is InChI=1S/C22H30N4O/c1-17-9-8-10-18(15-17)25-22(23)24-16-20(26-13-6-3-7-14-26)19-11-4-5-12-21(19)27-2/h4-5,8-12,15,20H,3,6-7,13-14,16H2,1-2H3,(H3,23,24,25). The van der Waals surface area contributed by atoms with Crippen molar-refractivity contribution in [3.63, 3.8) is 0 Å². The van der Waals surface area contributed by atoms with Crippen LogP contribution in [-0.2, 0) is 0 Å². The summed E-state index contributed by atoms with van der Waals surface area (Å²) in [5.41, 5.74) is 9.50. The molecule has 1 aliphatic heterocycles. The average Bonchev–Trinajstić information content (AvgIpc) is 2.69. The maximum atomic E-state index is 6.17. The van der Waals surface area contributed by atoms with Crippen LogP contribution in [0.25, 0.3) is 0 Å². The summed E-state index contributed by atoms with van der Waals surface area (Å²) in [4.78, 5) is 7.17. The minimum absolute atomic E-state index is 0.166. The van der Waals surface area contributed by atoms with Crippen molar-refractivity contribution in [1.82, 2.24) is 4.90 Å². The Hall–Kier alpha value is -2.53. The number of hydrogen-bond acceptors (Lipinski definition) is 3. The molecule has 0 aromatic heterocycles. The van der Waals surface area contributed by atoms with E-state index in [9.17, 15) is 0 Å². The minimum Gasteiger partial charge on any atom is -0.496 e. The van der Waals surface area contributed by atoms with E-state index in [0.717, 1.165) is 24.5 Å². The predicted octanol–water partition coefficient (Wildman–Crippen LogP) is 3.96. The first-order valence-electron chi connectivity index (χ1n) is 9.68. The SMILES string of the molecule is COc1ccccc1C(CN=C(N)Nc1cccc(C)c1)N1CCCCC1. The largest absolute Gasteiger partial charge is 0.496 e. The molecule has 0 bridgehead atoms. The molecule has 5 nitrogen and oxygen atoms in total. The number of ether oxygens (including phenoxy) is 1. The summed E-state index contributed by atoms with van der Waals surface area (Å²) in [5.74, 6) is 1.35. The number of aliphatic imine (C=N–C) groups is 1. The number of aryl methyl sites for hydroxylation is 1. The van der Waals surface area contributed by atoms with Gasteiger partial charge in [0, 0.05) is 11.3 Å². The van der Waals surface area contributed by atoms with Crippen molar-refractivity contribution in [3.8, 4) is 5.75 Å². The summed E-state index contributed by atoms with van der Waals surface area (Å²) in [6.45, 7) is 4.84. The van der Waals surface area contributed by atoms with Gasteiger partial charge in [-0.15, -0.1) is 0 Å². The van der Waals surface area contributed by atoms with E-state index in [1.807, 2.05) is 24.3 Å². The highest BCUT2D eigenvalue weighted by Crippen LogP contribution is 2.31. The first-order chi connectivity index (χ1) is 13.2. The Labute approximate surface area is 162 Å². The third-order valence-electron chi connectivity index (χ3n) is 5.05. The second-order valence-corrected chi connectivity index (χ2v) is 7.07. The van der Waals surface area contributed by atoms with Crippen LogP contribution in [-0.4, -0.2) is 37.6 Å². The lowest BCUT2D eigenvalue weighted by molar-refractivity contribution is 0.165. The van der Waals surface area contributed by atoms with Crippen molar-refractivity contribution in [1.29, 1.82) is 0 Å². The van der Waals surface area contributed by atoms with E-state index >= 15 is 0 Å². The summed E-state index contributed by atoms with van der Waals surface area (Å²) >= 11 is 0. The molecule has 1 aliphatic rings.